The first kappa shape index (κ1) is 11.9. The quantitative estimate of drug-likeness (QED) is 0.748. The highest BCUT2D eigenvalue weighted by molar-refractivity contribution is 7.94. The van der Waals surface area contributed by atoms with Crippen molar-refractivity contribution in [1.82, 2.24) is 0 Å². The lowest BCUT2D eigenvalue weighted by atomic mass is 9.87. The number of thiocarbonyl (C=S) groups is 1. The van der Waals surface area contributed by atoms with Crippen molar-refractivity contribution < 1.29 is 8.42 Å². The van der Waals surface area contributed by atoms with Crippen molar-refractivity contribution in [2.75, 3.05) is 6.26 Å². The molecular formula is C9H17NO2S2. The Balaban J connectivity index is 2.82. The largest absolute Gasteiger partial charge is 0.392 e. The minimum atomic E-state index is -3.13. The van der Waals surface area contributed by atoms with Gasteiger partial charge in [0.25, 0.3) is 0 Å². The molecule has 0 aromatic rings. The first-order valence-corrected chi connectivity index (χ1v) is 7.27. The maximum absolute atomic E-state index is 11.5. The van der Waals surface area contributed by atoms with Crippen molar-refractivity contribution in [3.8, 4) is 0 Å². The van der Waals surface area contributed by atoms with E-state index in [9.17, 15) is 8.42 Å². The zero-order chi connectivity index (χ0) is 10.8. The molecule has 0 amide bonds. The molecule has 82 valence electrons. The molecule has 0 aromatic carbocycles. The molecule has 1 aliphatic carbocycles. The van der Waals surface area contributed by atoms with Gasteiger partial charge in [-0.25, -0.2) is 8.42 Å². The molecule has 1 atom stereocenters. The van der Waals surface area contributed by atoms with Crippen LogP contribution in [0.2, 0.25) is 0 Å². The van der Waals surface area contributed by atoms with Crippen LogP contribution in [0.3, 0.4) is 0 Å². The molecule has 1 fully saturated rings. The Hall–Kier alpha value is -0.160. The van der Waals surface area contributed by atoms with Crippen LogP contribution in [-0.2, 0) is 9.84 Å². The van der Waals surface area contributed by atoms with E-state index in [0.717, 1.165) is 25.7 Å². The summed E-state index contributed by atoms with van der Waals surface area (Å²) in [5.74, 6) is 0.149. The van der Waals surface area contributed by atoms with Gasteiger partial charge in [0.15, 0.2) is 9.84 Å². The van der Waals surface area contributed by atoms with Gasteiger partial charge < -0.3 is 5.73 Å². The molecule has 1 aliphatic rings. The highest BCUT2D eigenvalue weighted by Crippen LogP contribution is 2.29. The fraction of sp³-hybridized carbons (Fsp3) is 0.889. The Labute approximate surface area is 91.0 Å². The molecule has 3 nitrogen and oxygen atoms in total. The van der Waals surface area contributed by atoms with Gasteiger partial charge in [-0.1, -0.05) is 31.5 Å². The second-order valence-corrected chi connectivity index (χ2v) is 6.69. The summed E-state index contributed by atoms with van der Waals surface area (Å²) < 4.78 is 23.0. The molecule has 0 unspecified atom stereocenters. The monoisotopic (exact) mass is 235 g/mol. The average Bonchev–Trinajstić information content (AvgIpc) is 2.02. The third kappa shape index (κ3) is 2.92. The first-order chi connectivity index (χ1) is 6.43. The number of sulfone groups is 1. The van der Waals surface area contributed by atoms with Gasteiger partial charge in [-0.05, 0) is 18.8 Å². The molecule has 1 rings (SSSR count). The van der Waals surface area contributed by atoms with Crippen LogP contribution < -0.4 is 5.73 Å². The molecule has 0 bridgehead atoms. The van der Waals surface area contributed by atoms with Gasteiger partial charge in [-0.3, -0.25) is 0 Å². The lowest BCUT2D eigenvalue weighted by Crippen LogP contribution is -2.40. The maximum Gasteiger partial charge on any atom is 0.157 e. The Morgan fingerprint density at radius 1 is 1.36 bits per heavy atom. The fourth-order valence-electron chi connectivity index (χ4n) is 2.23. The van der Waals surface area contributed by atoms with E-state index in [4.69, 9.17) is 18.0 Å². The number of hydrogen-bond donors (Lipinski definition) is 1. The zero-order valence-corrected chi connectivity index (χ0v) is 10.0. The Bertz CT molecular complexity index is 305. The van der Waals surface area contributed by atoms with Gasteiger partial charge in [-0.2, -0.15) is 0 Å². The number of hydrogen-bond acceptors (Lipinski definition) is 3. The summed E-state index contributed by atoms with van der Waals surface area (Å²) >= 11 is 4.84. The van der Waals surface area contributed by atoms with Crippen LogP contribution >= 0.6 is 12.2 Å². The van der Waals surface area contributed by atoms with Crippen LogP contribution in [0.1, 0.15) is 32.1 Å². The minimum absolute atomic E-state index is 0.138. The van der Waals surface area contributed by atoms with E-state index in [-0.39, 0.29) is 10.9 Å². The van der Waals surface area contributed by atoms with Crippen molar-refractivity contribution in [3.05, 3.63) is 0 Å². The van der Waals surface area contributed by atoms with E-state index in [2.05, 4.69) is 0 Å². The molecule has 0 aromatic heterocycles. The first-order valence-electron chi connectivity index (χ1n) is 4.91. The van der Waals surface area contributed by atoms with Crippen LogP contribution in [0.5, 0.6) is 0 Å². The Kier molecular flexibility index (Phi) is 3.89. The van der Waals surface area contributed by atoms with Crippen molar-refractivity contribution in [3.63, 3.8) is 0 Å². The van der Waals surface area contributed by atoms with Crippen molar-refractivity contribution in [2.45, 2.75) is 37.4 Å². The number of nitrogens with two attached hydrogens (primary N) is 1. The Morgan fingerprint density at radius 3 is 2.21 bits per heavy atom. The van der Waals surface area contributed by atoms with Crippen LogP contribution in [0.25, 0.3) is 0 Å². The predicted octanol–water partition coefficient (Wildman–Crippen LogP) is 1.27. The van der Waals surface area contributed by atoms with Crippen LogP contribution in [0, 0.1) is 5.92 Å². The summed E-state index contributed by atoms with van der Waals surface area (Å²) in [6.07, 6.45) is 6.50. The zero-order valence-electron chi connectivity index (χ0n) is 8.40. The van der Waals surface area contributed by atoms with Crippen LogP contribution in [0.15, 0.2) is 0 Å². The molecule has 14 heavy (non-hydrogen) atoms. The predicted molar refractivity (Wildman–Crippen MR) is 62.0 cm³/mol. The fourth-order valence-corrected chi connectivity index (χ4v) is 4.34. The van der Waals surface area contributed by atoms with E-state index >= 15 is 0 Å². The summed E-state index contributed by atoms with van der Waals surface area (Å²) in [5.41, 5.74) is 5.51. The standard InChI is InChI=1S/C9H17NO2S2/c1-14(11,12)8(9(10)13)7-5-3-2-4-6-7/h7-8H,2-6H2,1H3,(H2,10,13)/t8-/m1/s1. The van der Waals surface area contributed by atoms with Gasteiger partial charge in [0, 0.05) is 6.26 Å². The van der Waals surface area contributed by atoms with Gasteiger partial charge in [-0.15, -0.1) is 0 Å². The third-order valence-electron chi connectivity index (χ3n) is 2.82. The van der Waals surface area contributed by atoms with E-state index < -0.39 is 15.1 Å². The highest BCUT2D eigenvalue weighted by atomic mass is 32.2. The van der Waals surface area contributed by atoms with E-state index in [1.807, 2.05) is 0 Å². The molecule has 0 heterocycles. The summed E-state index contributed by atoms with van der Waals surface area (Å²) in [6, 6.07) is 0. The lowest BCUT2D eigenvalue weighted by molar-refractivity contribution is 0.368. The van der Waals surface area contributed by atoms with E-state index in [1.54, 1.807) is 0 Å². The normalized spacial score (nSPS) is 21.8. The molecule has 1 saturated carbocycles. The van der Waals surface area contributed by atoms with E-state index in [0.29, 0.717) is 0 Å². The van der Waals surface area contributed by atoms with Gasteiger partial charge in [0.2, 0.25) is 0 Å². The molecular weight excluding hydrogens is 218 g/mol. The smallest absolute Gasteiger partial charge is 0.157 e. The molecule has 0 spiro atoms. The van der Waals surface area contributed by atoms with Crippen LogP contribution in [-0.4, -0.2) is 24.9 Å². The summed E-state index contributed by atoms with van der Waals surface area (Å²) in [5, 5.41) is -0.599. The number of rotatable bonds is 3. The molecule has 0 saturated heterocycles. The van der Waals surface area contributed by atoms with Crippen molar-refractivity contribution in [1.29, 1.82) is 0 Å². The van der Waals surface area contributed by atoms with Gasteiger partial charge in [0.1, 0.15) is 5.25 Å². The minimum Gasteiger partial charge on any atom is -0.392 e. The molecule has 2 N–H and O–H groups in total. The van der Waals surface area contributed by atoms with Crippen LogP contribution in [0.4, 0.5) is 0 Å². The molecule has 0 radical (unpaired) electrons. The second kappa shape index (κ2) is 4.57. The lowest BCUT2D eigenvalue weighted by Gasteiger charge is -2.28. The summed E-state index contributed by atoms with van der Waals surface area (Å²) in [4.78, 5) is 0.138. The van der Waals surface area contributed by atoms with Crippen molar-refractivity contribution >= 4 is 27.0 Å². The van der Waals surface area contributed by atoms with Gasteiger partial charge >= 0.3 is 0 Å². The SMILES string of the molecule is CS(=O)(=O)[C@@H](C(N)=S)C1CCCCC1. The summed E-state index contributed by atoms with van der Waals surface area (Å²) in [7, 11) is -3.13. The van der Waals surface area contributed by atoms with Crippen molar-refractivity contribution in [2.24, 2.45) is 11.7 Å². The topological polar surface area (TPSA) is 60.2 Å². The van der Waals surface area contributed by atoms with E-state index in [1.165, 1.54) is 12.7 Å². The van der Waals surface area contributed by atoms with Gasteiger partial charge in [0.05, 0.1) is 4.99 Å². The molecule has 5 heteroatoms. The third-order valence-corrected chi connectivity index (χ3v) is 4.78. The highest BCUT2D eigenvalue weighted by Gasteiger charge is 2.33. The average molecular weight is 235 g/mol. The molecule has 0 aliphatic heterocycles. The Morgan fingerprint density at radius 2 is 1.86 bits per heavy atom. The summed E-state index contributed by atoms with van der Waals surface area (Å²) in [6.45, 7) is 0. The maximum atomic E-state index is 11.5. The second-order valence-electron chi connectivity index (χ2n) is 4.05.